The van der Waals surface area contributed by atoms with Crippen LogP contribution in [0.5, 0.6) is 0 Å². The molecule has 1 heteroatoms. The summed E-state index contributed by atoms with van der Waals surface area (Å²) >= 11 is 0. The third-order valence-corrected chi connectivity index (χ3v) is 1.29. The highest BCUT2D eigenvalue weighted by atomic mass is 16.3. The molecule has 1 rings (SSSR count). The van der Waals surface area contributed by atoms with Crippen molar-refractivity contribution in [1.29, 1.82) is 0 Å². The molecule has 6 heavy (non-hydrogen) atoms. The van der Waals surface area contributed by atoms with E-state index >= 15 is 0 Å². The molecule has 1 aliphatic carbocycles. The highest BCUT2D eigenvalue weighted by Gasteiger charge is 2.37. The monoisotopic (exact) mass is 85.1 g/mol. The van der Waals surface area contributed by atoms with Gasteiger partial charge in [0.2, 0.25) is 0 Å². The molecule has 0 unspecified atom stereocenters. The van der Waals surface area contributed by atoms with Crippen LogP contribution in [0.15, 0.2) is 0 Å². The molecular formula is C5H9O. The van der Waals surface area contributed by atoms with Crippen LogP contribution in [0.25, 0.3) is 0 Å². The van der Waals surface area contributed by atoms with Crippen molar-refractivity contribution < 1.29 is 5.11 Å². The first-order chi connectivity index (χ1) is 2.77. The summed E-state index contributed by atoms with van der Waals surface area (Å²) in [5.41, 5.74) is -0.319. The lowest BCUT2D eigenvalue weighted by atomic mass is 10.3. The summed E-state index contributed by atoms with van der Waals surface area (Å²) in [6.07, 6.45) is 2.62. The molecule has 1 radical (unpaired) electrons. The van der Waals surface area contributed by atoms with Crippen molar-refractivity contribution in [2.24, 2.45) is 0 Å². The van der Waals surface area contributed by atoms with E-state index in [-0.39, 0.29) is 5.60 Å². The van der Waals surface area contributed by atoms with Gasteiger partial charge in [0.05, 0.1) is 5.60 Å². The summed E-state index contributed by atoms with van der Waals surface area (Å²) in [6, 6.07) is 0. The highest BCUT2D eigenvalue weighted by molar-refractivity contribution is 4.93. The predicted molar refractivity (Wildman–Crippen MR) is 24.2 cm³/mol. The summed E-state index contributed by atoms with van der Waals surface area (Å²) in [6.45, 7) is 3.57. The van der Waals surface area contributed by atoms with E-state index in [0.717, 1.165) is 12.8 Å². The van der Waals surface area contributed by atoms with E-state index in [1.165, 1.54) is 0 Å². The van der Waals surface area contributed by atoms with Gasteiger partial charge in [-0.3, -0.25) is 0 Å². The summed E-state index contributed by atoms with van der Waals surface area (Å²) in [7, 11) is 0. The van der Waals surface area contributed by atoms with Crippen molar-refractivity contribution >= 4 is 0 Å². The van der Waals surface area contributed by atoms with Gasteiger partial charge >= 0.3 is 0 Å². The van der Waals surface area contributed by atoms with E-state index in [1.807, 2.05) is 0 Å². The van der Waals surface area contributed by atoms with Crippen LogP contribution in [0.1, 0.15) is 19.3 Å². The second-order valence-corrected chi connectivity index (χ2v) is 1.97. The van der Waals surface area contributed by atoms with E-state index in [1.54, 1.807) is 0 Å². The molecular weight excluding hydrogens is 76.1 g/mol. The lowest BCUT2D eigenvalue weighted by molar-refractivity contribution is 0.153. The van der Waals surface area contributed by atoms with Gasteiger partial charge in [0.25, 0.3) is 0 Å². The summed E-state index contributed by atoms with van der Waals surface area (Å²) in [5, 5.41) is 8.88. The topological polar surface area (TPSA) is 20.2 Å². The lowest BCUT2D eigenvalue weighted by Gasteiger charge is -1.96. The van der Waals surface area contributed by atoms with Crippen molar-refractivity contribution in [3.8, 4) is 0 Å². The van der Waals surface area contributed by atoms with Crippen molar-refractivity contribution in [3.05, 3.63) is 6.92 Å². The van der Waals surface area contributed by atoms with E-state index < -0.39 is 0 Å². The zero-order chi connectivity index (χ0) is 4.62. The van der Waals surface area contributed by atoms with Gasteiger partial charge < -0.3 is 5.11 Å². The Labute approximate surface area is 38.0 Å². The van der Waals surface area contributed by atoms with Gasteiger partial charge in [0.1, 0.15) is 0 Å². The summed E-state index contributed by atoms with van der Waals surface area (Å²) in [5.74, 6) is 0. The molecule has 1 aliphatic rings. The van der Waals surface area contributed by atoms with Gasteiger partial charge in [-0.15, -0.1) is 0 Å². The zero-order valence-corrected chi connectivity index (χ0v) is 3.78. The average molecular weight is 85.1 g/mol. The fourth-order valence-electron chi connectivity index (χ4n) is 0.394. The van der Waals surface area contributed by atoms with E-state index in [9.17, 15) is 0 Å². The molecule has 0 aromatic carbocycles. The standard InChI is InChI=1S/C5H9O/c1-2-5(6)3-4-5/h6H,1-4H2. The molecule has 35 valence electrons. The van der Waals surface area contributed by atoms with E-state index in [0.29, 0.717) is 6.42 Å². The normalized spacial score (nSPS) is 27.0. The Balaban J connectivity index is 2.28. The van der Waals surface area contributed by atoms with Crippen LogP contribution in [0.4, 0.5) is 0 Å². The Morgan fingerprint density at radius 1 is 1.67 bits per heavy atom. The maximum absolute atomic E-state index is 8.88. The fourth-order valence-corrected chi connectivity index (χ4v) is 0.394. The largest absolute Gasteiger partial charge is 0.390 e. The second kappa shape index (κ2) is 0.969. The van der Waals surface area contributed by atoms with Crippen molar-refractivity contribution in [2.75, 3.05) is 0 Å². The predicted octanol–water partition coefficient (Wildman–Crippen LogP) is 0.735. The number of rotatable bonds is 1. The maximum Gasteiger partial charge on any atom is 0.0650 e. The molecule has 1 saturated carbocycles. The molecule has 0 saturated heterocycles. The molecule has 0 heterocycles. The third kappa shape index (κ3) is 0.548. The Morgan fingerprint density at radius 2 is 2.17 bits per heavy atom. The minimum Gasteiger partial charge on any atom is -0.390 e. The fraction of sp³-hybridized carbons (Fsp3) is 0.800. The molecule has 0 aromatic rings. The maximum atomic E-state index is 8.88. The van der Waals surface area contributed by atoms with Crippen LogP contribution >= 0.6 is 0 Å². The Hall–Kier alpha value is -0.0400. The quantitative estimate of drug-likeness (QED) is 0.497. The van der Waals surface area contributed by atoms with Crippen LogP contribution in [0, 0.1) is 6.92 Å². The lowest BCUT2D eigenvalue weighted by Crippen LogP contribution is -2.01. The van der Waals surface area contributed by atoms with Crippen LogP contribution < -0.4 is 0 Å². The van der Waals surface area contributed by atoms with Gasteiger partial charge in [0, 0.05) is 0 Å². The molecule has 0 amide bonds. The molecule has 0 bridgehead atoms. The molecule has 0 aromatic heterocycles. The van der Waals surface area contributed by atoms with Crippen LogP contribution in [-0.2, 0) is 0 Å². The molecule has 0 atom stereocenters. The van der Waals surface area contributed by atoms with Crippen molar-refractivity contribution in [2.45, 2.75) is 24.9 Å². The first-order valence-corrected chi connectivity index (χ1v) is 2.28. The van der Waals surface area contributed by atoms with Crippen LogP contribution in [0.3, 0.4) is 0 Å². The van der Waals surface area contributed by atoms with Gasteiger partial charge in [0.15, 0.2) is 0 Å². The second-order valence-electron chi connectivity index (χ2n) is 1.97. The number of hydrogen-bond donors (Lipinski definition) is 1. The molecule has 0 aliphatic heterocycles. The minimum absolute atomic E-state index is 0.319. The zero-order valence-electron chi connectivity index (χ0n) is 3.78. The van der Waals surface area contributed by atoms with E-state index in [4.69, 9.17) is 5.11 Å². The van der Waals surface area contributed by atoms with E-state index in [2.05, 4.69) is 6.92 Å². The third-order valence-electron chi connectivity index (χ3n) is 1.29. The van der Waals surface area contributed by atoms with Gasteiger partial charge in [-0.1, -0.05) is 6.92 Å². The first kappa shape index (κ1) is 4.13. The molecule has 0 spiro atoms. The summed E-state index contributed by atoms with van der Waals surface area (Å²) in [4.78, 5) is 0. The highest BCUT2D eigenvalue weighted by Crippen LogP contribution is 2.37. The minimum atomic E-state index is -0.319. The van der Waals surface area contributed by atoms with Crippen LogP contribution in [-0.4, -0.2) is 10.7 Å². The molecule has 1 fully saturated rings. The van der Waals surface area contributed by atoms with Gasteiger partial charge in [-0.05, 0) is 19.3 Å². The molecule has 1 N–H and O–H groups in total. The average Bonchev–Trinajstić information content (AvgIpc) is 2.22. The SMILES string of the molecule is [CH2]CC1(O)CC1. The molecule has 1 nitrogen and oxygen atoms in total. The number of hydrogen-bond acceptors (Lipinski definition) is 1. The van der Waals surface area contributed by atoms with Gasteiger partial charge in [-0.25, -0.2) is 0 Å². The Kier molecular flexibility index (Phi) is 0.667. The smallest absolute Gasteiger partial charge is 0.0650 e. The Morgan fingerprint density at radius 3 is 2.17 bits per heavy atom. The van der Waals surface area contributed by atoms with Crippen molar-refractivity contribution in [1.82, 2.24) is 0 Å². The number of aliphatic hydroxyl groups is 1. The van der Waals surface area contributed by atoms with Gasteiger partial charge in [-0.2, -0.15) is 0 Å². The first-order valence-electron chi connectivity index (χ1n) is 2.28. The van der Waals surface area contributed by atoms with Crippen molar-refractivity contribution in [3.63, 3.8) is 0 Å². The van der Waals surface area contributed by atoms with Crippen LogP contribution in [0.2, 0.25) is 0 Å². The Bertz CT molecular complexity index is 55.0. The summed E-state index contributed by atoms with van der Waals surface area (Å²) < 4.78 is 0.